The van der Waals surface area contributed by atoms with Gasteiger partial charge in [0.05, 0.1) is 21.8 Å². The number of Topliss-reactive ketones (excluding diaryl/α,β-unsaturated/α-hetero) is 1. The van der Waals surface area contributed by atoms with E-state index in [-0.39, 0.29) is 56.6 Å². The van der Waals surface area contributed by atoms with Crippen LogP contribution in [0.4, 0.5) is 17.1 Å². The van der Waals surface area contributed by atoms with Crippen molar-refractivity contribution in [3.63, 3.8) is 0 Å². The minimum atomic E-state index is -4.59. The zero-order valence-electron chi connectivity index (χ0n) is 39.1. The van der Waals surface area contributed by atoms with Crippen molar-refractivity contribution in [1.29, 1.82) is 0 Å². The van der Waals surface area contributed by atoms with E-state index in [4.69, 9.17) is 5.11 Å². The number of hydrogen-bond donors (Lipinski definition) is 5. The lowest BCUT2D eigenvalue weighted by atomic mass is 9.68. The maximum atomic E-state index is 14.4. The fourth-order valence-corrected chi connectivity index (χ4v) is 10.7. The number of aliphatic carboxylic acids is 1. The summed E-state index contributed by atoms with van der Waals surface area (Å²) in [4.78, 5) is 42.8. The molecule has 2 aromatic carbocycles. The van der Waals surface area contributed by atoms with Crippen LogP contribution < -0.4 is 15.1 Å². The highest BCUT2D eigenvalue weighted by molar-refractivity contribution is 7.86. The summed E-state index contributed by atoms with van der Waals surface area (Å²) in [5.74, 6) is -2.80. The Balaban J connectivity index is 1.64. The van der Waals surface area contributed by atoms with Crippen LogP contribution in [0, 0.1) is 5.41 Å². The Morgan fingerprint density at radius 3 is 2.09 bits per heavy atom. The minimum Gasteiger partial charge on any atom is -0.481 e. The van der Waals surface area contributed by atoms with Gasteiger partial charge < -0.3 is 20.2 Å². The third-order valence-corrected chi connectivity index (χ3v) is 15.3. The molecule has 2 aromatic rings. The van der Waals surface area contributed by atoms with E-state index >= 15 is 0 Å². The van der Waals surface area contributed by atoms with Gasteiger partial charge in [0.2, 0.25) is 11.6 Å². The van der Waals surface area contributed by atoms with Crippen molar-refractivity contribution in [2.24, 2.45) is 5.41 Å². The summed E-state index contributed by atoms with van der Waals surface area (Å²) in [6, 6.07) is 10.1. The average molecular weight is 988 g/mol. The van der Waals surface area contributed by atoms with Crippen molar-refractivity contribution in [2.45, 2.75) is 102 Å². The maximum absolute atomic E-state index is 14.4. The summed E-state index contributed by atoms with van der Waals surface area (Å²) in [5, 5.41) is 12.0. The number of anilines is 2. The molecule has 0 saturated carbocycles. The Kier molecular flexibility index (Phi) is 16.1. The SMILES string of the molecule is CC(=O)C1(C(=O)NCCCCCC(=O)O)CC(/C=C/C2=[N+](CCCS(=O)(=O)O)c3ccc(N(C)C)cc3C2(C)C)=CC(=C/C=C2/N(CCCS(=O)(=O)O)c3ccc(S(=O)(=O)O)cc3C2(C)C)/C1. The first-order valence-electron chi connectivity index (χ1n) is 22.1. The number of amides is 1. The quantitative estimate of drug-likeness (QED) is 0.0407. The van der Waals surface area contributed by atoms with E-state index < -0.39 is 75.8 Å². The number of carboxylic acid groups (broad SMARTS) is 1. The molecular formula is C47H63N4O13S3+. The van der Waals surface area contributed by atoms with Crippen molar-refractivity contribution in [3.8, 4) is 0 Å². The third-order valence-electron chi connectivity index (χ3n) is 12.9. The smallest absolute Gasteiger partial charge is 0.303 e. The Labute approximate surface area is 394 Å². The molecule has 17 nitrogen and oxygen atoms in total. The van der Waals surface area contributed by atoms with Crippen molar-refractivity contribution >= 4 is 70.8 Å². The molecule has 366 valence electrons. The van der Waals surface area contributed by atoms with Crippen LogP contribution in [-0.2, 0) is 55.6 Å². The van der Waals surface area contributed by atoms with Crippen LogP contribution in [0.15, 0.2) is 88.5 Å². The third kappa shape index (κ3) is 12.6. The number of allylic oxidation sites excluding steroid dienone is 8. The van der Waals surface area contributed by atoms with Gasteiger partial charge in [-0.25, -0.2) is 0 Å². The van der Waals surface area contributed by atoms with Gasteiger partial charge in [0, 0.05) is 80.2 Å². The normalized spacial score (nSPS) is 20.3. The molecule has 20 heteroatoms. The molecule has 67 heavy (non-hydrogen) atoms. The van der Waals surface area contributed by atoms with Crippen LogP contribution >= 0.6 is 0 Å². The Hall–Kier alpha value is -4.99. The van der Waals surface area contributed by atoms with E-state index in [9.17, 15) is 53.3 Å². The number of benzene rings is 2. The first-order chi connectivity index (χ1) is 31.0. The highest BCUT2D eigenvalue weighted by Crippen LogP contribution is 2.49. The molecule has 0 bridgehead atoms. The molecule has 5 N–H and O–H groups in total. The molecule has 2 heterocycles. The first-order valence-corrected chi connectivity index (χ1v) is 26.7. The van der Waals surface area contributed by atoms with Gasteiger partial charge in [-0.15, -0.1) is 0 Å². The summed E-state index contributed by atoms with van der Waals surface area (Å²) in [7, 11) is -9.29. The van der Waals surface area contributed by atoms with Gasteiger partial charge in [0.15, 0.2) is 5.71 Å². The molecule has 0 spiro atoms. The van der Waals surface area contributed by atoms with E-state index in [1.54, 1.807) is 12.2 Å². The number of fused-ring (bicyclic) bond motifs is 2. The standard InChI is InChI=1S/C47H62N4O13S3/c1-32(52)47(44(55)48-22-10-8-9-13-43(53)54)30-33(14-20-41-45(2,3)37-28-35(49(6)7)16-18-39(37)50(41)23-11-25-65(56,57)58)27-34(31-47)15-21-42-46(4,5)38-29-36(67(62,63)64)17-19-40(38)51(42)24-12-26-66(59,60)61/h14-21,27-29H,8-13,22-26,30-31H2,1-7H3,(H4-,48,53,54,55,56,57,58,59,60,61,62,63,64)/p+1. The predicted octanol–water partition coefficient (Wildman–Crippen LogP) is 6.15. The predicted molar refractivity (Wildman–Crippen MR) is 257 cm³/mol. The van der Waals surface area contributed by atoms with Crippen molar-refractivity contribution in [3.05, 3.63) is 94.7 Å². The number of nitrogens with one attached hydrogen (secondary N) is 1. The lowest BCUT2D eigenvalue weighted by Crippen LogP contribution is -2.47. The largest absolute Gasteiger partial charge is 0.481 e. The molecule has 0 aromatic heterocycles. The zero-order valence-corrected chi connectivity index (χ0v) is 41.5. The highest BCUT2D eigenvalue weighted by Gasteiger charge is 2.48. The molecule has 3 aliphatic rings. The van der Waals surface area contributed by atoms with Crippen LogP contribution in [0.3, 0.4) is 0 Å². The van der Waals surface area contributed by atoms with Crippen LogP contribution in [-0.4, -0.2) is 117 Å². The molecule has 0 radical (unpaired) electrons. The molecule has 0 saturated heterocycles. The second-order valence-electron chi connectivity index (χ2n) is 18.8. The molecule has 1 aliphatic carbocycles. The monoisotopic (exact) mass is 987 g/mol. The molecule has 1 atom stereocenters. The number of unbranched alkanes of at least 4 members (excludes halogenated alkanes) is 2. The maximum Gasteiger partial charge on any atom is 0.303 e. The summed E-state index contributed by atoms with van der Waals surface area (Å²) in [6.07, 6.45) is 10.7. The number of rotatable bonds is 21. The fraction of sp³-hybridized carbons (Fsp3) is 0.489. The van der Waals surface area contributed by atoms with Crippen LogP contribution in [0.2, 0.25) is 0 Å². The second-order valence-corrected chi connectivity index (χ2v) is 23.3. The second kappa shape index (κ2) is 20.3. The molecule has 5 rings (SSSR count). The number of nitrogens with zero attached hydrogens (tertiary/aromatic N) is 3. The van der Waals surface area contributed by atoms with Gasteiger partial charge in [-0.3, -0.25) is 28.0 Å². The Morgan fingerprint density at radius 2 is 1.48 bits per heavy atom. The molecular weight excluding hydrogens is 925 g/mol. The van der Waals surface area contributed by atoms with Crippen LogP contribution in [0.5, 0.6) is 0 Å². The summed E-state index contributed by atoms with van der Waals surface area (Å²) < 4.78 is 103. The van der Waals surface area contributed by atoms with Gasteiger partial charge in [0.1, 0.15) is 17.7 Å². The molecule has 1 amide bonds. The van der Waals surface area contributed by atoms with E-state index in [1.807, 2.05) is 86.5 Å². The van der Waals surface area contributed by atoms with Gasteiger partial charge in [-0.1, -0.05) is 38.5 Å². The van der Waals surface area contributed by atoms with E-state index in [1.165, 1.54) is 25.1 Å². The Morgan fingerprint density at radius 1 is 0.806 bits per heavy atom. The van der Waals surface area contributed by atoms with Gasteiger partial charge >= 0.3 is 5.97 Å². The number of carbonyl (C=O) groups excluding carboxylic acids is 2. The van der Waals surface area contributed by atoms with Crippen LogP contribution in [0.25, 0.3) is 0 Å². The number of hydrogen-bond acceptors (Lipinski definition) is 11. The average Bonchev–Trinajstić information content (AvgIpc) is 3.55. The number of ketones is 1. The minimum absolute atomic E-state index is 0.00340. The van der Waals surface area contributed by atoms with E-state index in [0.29, 0.717) is 47.4 Å². The lowest BCUT2D eigenvalue weighted by Gasteiger charge is -2.34. The lowest BCUT2D eigenvalue weighted by molar-refractivity contribution is -0.437. The summed E-state index contributed by atoms with van der Waals surface area (Å²) in [5.41, 5.74) is 3.37. The van der Waals surface area contributed by atoms with Crippen LogP contribution in [0.1, 0.15) is 97.1 Å². The van der Waals surface area contributed by atoms with Crippen molar-refractivity contribution in [2.75, 3.05) is 55.0 Å². The molecule has 1 unspecified atom stereocenters. The van der Waals surface area contributed by atoms with Gasteiger partial charge in [0.25, 0.3) is 30.4 Å². The Bertz CT molecular complexity index is 2800. The molecule has 2 aliphatic heterocycles. The highest BCUT2D eigenvalue weighted by atomic mass is 32.2. The zero-order chi connectivity index (χ0) is 49.9. The van der Waals surface area contributed by atoms with Crippen molar-refractivity contribution < 1.29 is 63.0 Å². The summed E-state index contributed by atoms with van der Waals surface area (Å²) >= 11 is 0. The van der Waals surface area contributed by atoms with E-state index in [0.717, 1.165) is 22.6 Å². The number of carbonyl (C=O) groups is 3. The topological polar surface area (TPSA) is 256 Å². The van der Waals surface area contributed by atoms with Crippen molar-refractivity contribution in [1.82, 2.24) is 5.32 Å². The molecule has 0 fully saturated rings. The summed E-state index contributed by atoms with van der Waals surface area (Å²) in [6.45, 7) is 9.69. The van der Waals surface area contributed by atoms with Gasteiger partial charge in [-0.05, 0) is 106 Å². The fourth-order valence-electron chi connectivity index (χ4n) is 9.25. The number of carboxylic acids is 1. The first kappa shape index (κ1) is 53.0. The van der Waals surface area contributed by atoms with Gasteiger partial charge in [-0.2, -0.15) is 29.8 Å². The van der Waals surface area contributed by atoms with E-state index in [2.05, 4.69) is 11.4 Å².